The van der Waals surface area contributed by atoms with Gasteiger partial charge in [-0.15, -0.1) is 0 Å². The maximum absolute atomic E-state index is 12.5. The Balaban J connectivity index is 1.81. The van der Waals surface area contributed by atoms with E-state index in [0.717, 1.165) is 37.7 Å². The van der Waals surface area contributed by atoms with E-state index < -0.39 is 5.60 Å². The summed E-state index contributed by atoms with van der Waals surface area (Å²) in [5, 5.41) is 14.7. The number of nitrogens with one attached hydrogen (secondary N) is 1. The second-order valence-electron chi connectivity index (χ2n) is 8.14. The molecule has 0 radical (unpaired) electrons. The molecule has 1 saturated carbocycles. The fourth-order valence-electron chi connectivity index (χ4n) is 3.30. The second kappa shape index (κ2) is 7.13. The summed E-state index contributed by atoms with van der Waals surface area (Å²) in [5.41, 5.74) is 1.08. The minimum Gasteiger partial charge on any atom is -0.444 e. The molecule has 0 bridgehead atoms. The van der Waals surface area contributed by atoms with Crippen LogP contribution in [-0.4, -0.2) is 34.2 Å². The van der Waals surface area contributed by atoms with Crippen molar-refractivity contribution in [2.75, 3.05) is 11.9 Å². The van der Waals surface area contributed by atoms with E-state index in [1.54, 1.807) is 11.0 Å². The molecule has 2 fully saturated rings. The van der Waals surface area contributed by atoms with Crippen LogP contribution >= 0.6 is 0 Å². The lowest BCUT2D eigenvalue weighted by molar-refractivity contribution is -0.384. The average molecular weight is 361 g/mol. The van der Waals surface area contributed by atoms with Gasteiger partial charge in [0, 0.05) is 12.6 Å². The highest BCUT2D eigenvalue weighted by molar-refractivity contribution is 5.70. The molecule has 1 atom stereocenters. The molecular formula is C19H27N3O4. The van der Waals surface area contributed by atoms with E-state index in [0.29, 0.717) is 18.2 Å². The van der Waals surface area contributed by atoms with Crippen LogP contribution in [0.1, 0.15) is 64.4 Å². The van der Waals surface area contributed by atoms with Crippen molar-refractivity contribution >= 4 is 17.5 Å². The molecule has 1 saturated heterocycles. The molecule has 142 valence electrons. The third-order valence-electron chi connectivity index (χ3n) is 4.72. The van der Waals surface area contributed by atoms with Gasteiger partial charge in [0.2, 0.25) is 0 Å². The van der Waals surface area contributed by atoms with Crippen molar-refractivity contribution in [3.8, 4) is 0 Å². The Morgan fingerprint density at radius 3 is 2.62 bits per heavy atom. The lowest BCUT2D eigenvalue weighted by atomic mass is 10.1. The van der Waals surface area contributed by atoms with Gasteiger partial charge in [-0.25, -0.2) is 4.79 Å². The summed E-state index contributed by atoms with van der Waals surface area (Å²) >= 11 is 0. The van der Waals surface area contributed by atoms with Gasteiger partial charge in [-0.1, -0.05) is 6.07 Å². The number of carbonyl (C=O) groups is 1. The molecule has 0 aromatic heterocycles. The Morgan fingerprint density at radius 2 is 2.00 bits per heavy atom. The maximum atomic E-state index is 12.5. The molecule has 0 spiro atoms. The number of rotatable bonds is 4. The Labute approximate surface area is 153 Å². The van der Waals surface area contributed by atoms with E-state index in [-0.39, 0.29) is 22.9 Å². The van der Waals surface area contributed by atoms with Crippen LogP contribution in [0, 0.1) is 10.1 Å². The van der Waals surface area contributed by atoms with Crippen LogP contribution in [-0.2, 0) is 4.74 Å². The summed E-state index contributed by atoms with van der Waals surface area (Å²) in [4.78, 5) is 25.3. The number of ether oxygens (including phenoxy) is 1. The fraction of sp³-hybridized carbons (Fsp3) is 0.632. The molecule has 1 aromatic carbocycles. The maximum Gasteiger partial charge on any atom is 0.411 e. The SMILES string of the molecule is CC(C)(C)OC(=O)N1CCCCC1Nc1cc(C2CC2)ccc1[N+](=O)[O-]. The van der Waals surface area contributed by atoms with E-state index in [1.165, 1.54) is 0 Å². The van der Waals surface area contributed by atoms with Gasteiger partial charge in [-0.2, -0.15) is 0 Å². The summed E-state index contributed by atoms with van der Waals surface area (Å²) in [5.74, 6) is 0.504. The minimum atomic E-state index is -0.572. The first kappa shape index (κ1) is 18.5. The van der Waals surface area contributed by atoms with Crippen molar-refractivity contribution in [1.82, 2.24) is 4.90 Å². The third-order valence-corrected chi connectivity index (χ3v) is 4.72. The van der Waals surface area contributed by atoms with Gasteiger partial charge in [0.05, 0.1) is 4.92 Å². The lowest BCUT2D eigenvalue weighted by Gasteiger charge is -2.37. The normalized spacial score (nSPS) is 20.6. The Kier molecular flexibility index (Phi) is 5.07. The first-order chi connectivity index (χ1) is 12.2. The zero-order valence-corrected chi connectivity index (χ0v) is 15.7. The van der Waals surface area contributed by atoms with E-state index in [9.17, 15) is 14.9 Å². The molecule has 1 heterocycles. The van der Waals surface area contributed by atoms with Crippen molar-refractivity contribution in [2.45, 2.75) is 70.6 Å². The molecule has 3 rings (SSSR count). The largest absolute Gasteiger partial charge is 0.444 e. The van der Waals surface area contributed by atoms with Crippen molar-refractivity contribution in [3.63, 3.8) is 0 Å². The minimum absolute atomic E-state index is 0.0455. The fourth-order valence-corrected chi connectivity index (χ4v) is 3.30. The summed E-state index contributed by atoms with van der Waals surface area (Å²) in [6.45, 7) is 6.09. The van der Waals surface area contributed by atoms with Crippen molar-refractivity contribution in [1.29, 1.82) is 0 Å². The molecule has 1 aromatic rings. The highest BCUT2D eigenvalue weighted by Crippen LogP contribution is 2.42. The lowest BCUT2D eigenvalue weighted by Crippen LogP contribution is -2.49. The van der Waals surface area contributed by atoms with Gasteiger partial charge >= 0.3 is 6.09 Å². The first-order valence-electron chi connectivity index (χ1n) is 9.29. The molecule has 1 aliphatic heterocycles. The highest BCUT2D eigenvalue weighted by Gasteiger charge is 2.32. The molecule has 26 heavy (non-hydrogen) atoms. The van der Waals surface area contributed by atoms with Crippen molar-refractivity contribution in [3.05, 3.63) is 33.9 Å². The Morgan fingerprint density at radius 1 is 1.27 bits per heavy atom. The summed E-state index contributed by atoms with van der Waals surface area (Å²) in [7, 11) is 0. The second-order valence-corrected chi connectivity index (χ2v) is 8.14. The summed E-state index contributed by atoms with van der Waals surface area (Å²) in [6, 6.07) is 5.28. The molecule has 1 aliphatic carbocycles. The van der Waals surface area contributed by atoms with Crippen LogP contribution < -0.4 is 5.32 Å². The standard InChI is InChI=1S/C19H27N3O4/c1-19(2,3)26-18(23)21-11-5-4-6-17(21)20-15-12-14(13-7-8-13)9-10-16(15)22(24)25/h9-10,12-13,17,20H,4-8,11H2,1-3H3. The number of nitro groups is 1. The number of nitro benzene ring substituents is 1. The number of likely N-dealkylation sites (tertiary alicyclic amines) is 1. The third kappa shape index (κ3) is 4.45. The zero-order valence-electron chi connectivity index (χ0n) is 15.7. The smallest absolute Gasteiger partial charge is 0.411 e. The van der Waals surface area contributed by atoms with Crippen molar-refractivity contribution in [2.24, 2.45) is 0 Å². The number of nitrogens with zero attached hydrogens (tertiary/aromatic N) is 2. The number of amides is 1. The molecule has 7 heteroatoms. The molecule has 1 unspecified atom stereocenters. The zero-order chi connectivity index (χ0) is 18.9. The quantitative estimate of drug-likeness (QED) is 0.624. The molecule has 7 nitrogen and oxygen atoms in total. The Bertz CT molecular complexity index is 695. The van der Waals surface area contributed by atoms with Gasteiger partial charge in [0.15, 0.2) is 0 Å². The molecule has 2 aliphatic rings. The number of piperidine rings is 1. The number of benzene rings is 1. The molecular weight excluding hydrogens is 334 g/mol. The van der Waals surface area contributed by atoms with E-state index in [1.807, 2.05) is 32.9 Å². The molecule has 1 N–H and O–H groups in total. The van der Waals surface area contributed by atoms with Crippen LogP contribution in [0.2, 0.25) is 0 Å². The number of hydrogen-bond acceptors (Lipinski definition) is 5. The first-order valence-corrected chi connectivity index (χ1v) is 9.29. The monoisotopic (exact) mass is 361 g/mol. The topological polar surface area (TPSA) is 84.7 Å². The number of anilines is 1. The van der Waals surface area contributed by atoms with Gasteiger partial charge in [0.1, 0.15) is 17.5 Å². The highest BCUT2D eigenvalue weighted by atomic mass is 16.6. The van der Waals surface area contributed by atoms with Crippen LogP contribution in [0.25, 0.3) is 0 Å². The predicted molar refractivity (Wildman–Crippen MR) is 99.3 cm³/mol. The van der Waals surface area contributed by atoms with Gasteiger partial charge in [-0.3, -0.25) is 15.0 Å². The van der Waals surface area contributed by atoms with E-state index >= 15 is 0 Å². The van der Waals surface area contributed by atoms with Crippen LogP contribution in [0.5, 0.6) is 0 Å². The van der Waals surface area contributed by atoms with Gasteiger partial charge in [-0.05, 0) is 70.4 Å². The van der Waals surface area contributed by atoms with E-state index in [4.69, 9.17) is 4.74 Å². The van der Waals surface area contributed by atoms with Crippen molar-refractivity contribution < 1.29 is 14.5 Å². The molecule has 1 amide bonds. The predicted octanol–water partition coefficient (Wildman–Crippen LogP) is 4.63. The number of carbonyl (C=O) groups excluding carboxylic acids is 1. The van der Waals surface area contributed by atoms with Crippen LogP contribution in [0.4, 0.5) is 16.2 Å². The summed E-state index contributed by atoms with van der Waals surface area (Å²) < 4.78 is 5.51. The number of hydrogen-bond donors (Lipinski definition) is 1. The van der Waals surface area contributed by atoms with Crippen LogP contribution in [0.3, 0.4) is 0 Å². The van der Waals surface area contributed by atoms with E-state index in [2.05, 4.69) is 5.32 Å². The average Bonchev–Trinajstić information content (AvgIpc) is 3.38. The van der Waals surface area contributed by atoms with Crippen LogP contribution in [0.15, 0.2) is 18.2 Å². The van der Waals surface area contributed by atoms with Gasteiger partial charge < -0.3 is 10.1 Å². The summed E-state index contributed by atoms with van der Waals surface area (Å²) in [6.07, 6.45) is 4.19. The Hall–Kier alpha value is -2.31. The van der Waals surface area contributed by atoms with Gasteiger partial charge in [0.25, 0.3) is 5.69 Å².